The molecule has 6 nitrogen and oxygen atoms in total. The molecule has 0 saturated carbocycles. The maximum absolute atomic E-state index is 12.9. The van der Waals surface area contributed by atoms with Gasteiger partial charge in [-0.2, -0.15) is 18.2 Å². The van der Waals surface area contributed by atoms with E-state index in [2.05, 4.69) is 29.0 Å². The average Bonchev–Trinajstić information content (AvgIpc) is 2.81. The van der Waals surface area contributed by atoms with Crippen molar-refractivity contribution >= 4 is 23.4 Å². The van der Waals surface area contributed by atoms with E-state index in [1.807, 2.05) is 0 Å². The first-order valence-electron chi connectivity index (χ1n) is 11.7. The number of hydrogen-bond donors (Lipinski definition) is 1. The zero-order chi connectivity index (χ0) is 24.7. The Labute approximate surface area is 201 Å². The molecule has 0 radical (unpaired) electrons. The second-order valence-corrected chi connectivity index (χ2v) is 9.24. The van der Waals surface area contributed by atoms with Crippen LogP contribution < -0.4 is 11.0 Å². The number of carbonyl (C=O) groups is 1. The van der Waals surface area contributed by atoms with E-state index in [0.717, 1.165) is 86.9 Å². The van der Waals surface area contributed by atoms with E-state index < -0.39 is 17.6 Å². The minimum absolute atomic E-state index is 0.0406. The summed E-state index contributed by atoms with van der Waals surface area (Å²) >= 11 is 1.16. The SMILES string of the molecule is CCN(CC)CCCn1c2c(c(SCC(=O)Nc3cccc(C(F)(F)F)c3)nc1=O)CCCC2. The van der Waals surface area contributed by atoms with Crippen molar-refractivity contribution in [1.29, 1.82) is 0 Å². The first kappa shape index (κ1) is 26.3. The molecule has 0 atom stereocenters. The van der Waals surface area contributed by atoms with Crippen molar-refractivity contribution in [1.82, 2.24) is 14.5 Å². The maximum Gasteiger partial charge on any atom is 0.416 e. The molecule has 1 aromatic carbocycles. The molecule has 0 aliphatic heterocycles. The molecule has 0 bridgehead atoms. The first-order valence-corrected chi connectivity index (χ1v) is 12.7. The molecule has 1 aliphatic carbocycles. The number of fused-ring (bicyclic) bond motifs is 1. The molecule has 0 unspecified atom stereocenters. The Hall–Kier alpha value is -2.33. The van der Waals surface area contributed by atoms with Crippen molar-refractivity contribution in [2.75, 3.05) is 30.7 Å². The Morgan fingerprint density at radius 3 is 2.65 bits per heavy atom. The van der Waals surface area contributed by atoms with Crippen molar-refractivity contribution < 1.29 is 18.0 Å². The molecule has 1 N–H and O–H groups in total. The number of thioether (sulfide) groups is 1. The van der Waals surface area contributed by atoms with Gasteiger partial charge in [0.15, 0.2) is 0 Å². The van der Waals surface area contributed by atoms with Crippen molar-refractivity contribution in [3.63, 3.8) is 0 Å². The molecule has 0 fully saturated rings. The standard InChI is InChI=1S/C24H31F3N4O2S/c1-3-30(4-2)13-8-14-31-20-12-6-5-11-19(20)22(29-23(31)33)34-16-21(32)28-18-10-7-9-17(15-18)24(25,26)27/h7,9-10,15H,3-6,8,11-14,16H2,1-2H3,(H,28,32). The highest BCUT2D eigenvalue weighted by Crippen LogP contribution is 2.31. The molecular formula is C24H31F3N4O2S. The van der Waals surface area contributed by atoms with Gasteiger partial charge in [0.2, 0.25) is 5.91 Å². The van der Waals surface area contributed by atoms with Gasteiger partial charge in [0.1, 0.15) is 5.03 Å². The number of hydrogen-bond acceptors (Lipinski definition) is 5. The molecule has 1 aliphatic rings. The molecule has 0 spiro atoms. The van der Waals surface area contributed by atoms with E-state index in [1.54, 1.807) is 4.57 Å². The van der Waals surface area contributed by atoms with Gasteiger partial charge in [0.05, 0.1) is 11.3 Å². The van der Waals surface area contributed by atoms with Crippen LogP contribution in [0.3, 0.4) is 0 Å². The smallest absolute Gasteiger partial charge is 0.325 e. The summed E-state index contributed by atoms with van der Waals surface area (Å²) < 4.78 is 40.5. The predicted octanol–water partition coefficient (Wildman–Crippen LogP) is 4.60. The van der Waals surface area contributed by atoms with Crippen LogP contribution >= 0.6 is 11.8 Å². The summed E-state index contributed by atoms with van der Waals surface area (Å²) in [4.78, 5) is 31.8. The largest absolute Gasteiger partial charge is 0.416 e. The van der Waals surface area contributed by atoms with Gasteiger partial charge in [-0.05, 0) is 69.9 Å². The summed E-state index contributed by atoms with van der Waals surface area (Å²) in [5.74, 6) is -0.486. The lowest BCUT2D eigenvalue weighted by molar-refractivity contribution is -0.137. The number of rotatable bonds is 10. The number of anilines is 1. The van der Waals surface area contributed by atoms with Gasteiger partial charge in [-0.1, -0.05) is 31.7 Å². The van der Waals surface area contributed by atoms with E-state index in [0.29, 0.717) is 11.6 Å². The van der Waals surface area contributed by atoms with Crippen LogP contribution in [-0.2, 0) is 30.4 Å². The van der Waals surface area contributed by atoms with Crippen LogP contribution in [0.15, 0.2) is 34.1 Å². The van der Waals surface area contributed by atoms with Gasteiger partial charge >= 0.3 is 11.9 Å². The highest BCUT2D eigenvalue weighted by atomic mass is 32.2. The normalized spacial score (nSPS) is 13.7. The van der Waals surface area contributed by atoms with Crippen molar-refractivity contribution in [2.24, 2.45) is 0 Å². The van der Waals surface area contributed by atoms with E-state index in [9.17, 15) is 22.8 Å². The topological polar surface area (TPSA) is 67.2 Å². The number of nitrogens with zero attached hydrogens (tertiary/aromatic N) is 3. The van der Waals surface area contributed by atoms with Crippen LogP contribution in [0.25, 0.3) is 0 Å². The Morgan fingerprint density at radius 1 is 1.21 bits per heavy atom. The van der Waals surface area contributed by atoms with Gasteiger partial charge in [0, 0.05) is 23.5 Å². The molecule has 1 aromatic heterocycles. The summed E-state index contributed by atoms with van der Waals surface area (Å²) in [5.41, 5.74) is 0.982. The number of nitrogens with one attached hydrogen (secondary N) is 1. The highest BCUT2D eigenvalue weighted by Gasteiger charge is 2.30. The predicted molar refractivity (Wildman–Crippen MR) is 128 cm³/mol. The average molecular weight is 497 g/mol. The van der Waals surface area contributed by atoms with Gasteiger partial charge in [-0.15, -0.1) is 0 Å². The minimum Gasteiger partial charge on any atom is -0.325 e. The van der Waals surface area contributed by atoms with Crippen molar-refractivity contribution in [3.05, 3.63) is 51.6 Å². The van der Waals surface area contributed by atoms with Crippen LogP contribution in [0.1, 0.15) is 49.9 Å². The zero-order valence-corrected chi connectivity index (χ0v) is 20.4. The van der Waals surface area contributed by atoms with Crippen LogP contribution in [0.5, 0.6) is 0 Å². The molecule has 2 aromatic rings. The molecule has 1 amide bonds. The fourth-order valence-corrected chi connectivity index (χ4v) is 5.07. The third-order valence-electron chi connectivity index (χ3n) is 6.01. The van der Waals surface area contributed by atoms with Gasteiger partial charge in [-0.25, -0.2) is 4.79 Å². The highest BCUT2D eigenvalue weighted by molar-refractivity contribution is 8.00. The molecule has 3 rings (SSSR count). The number of halogens is 3. The molecule has 0 saturated heterocycles. The summed E-state index contributed by atoms with van der Waals surface area (Å²) in [5, 5.41) is 3.06. The van der Waals surface area contributed by atoms with E-state index in [4.69, 9.17) is 0 Å². The number of amides is 1. The molecule has 10 heteroatoms. The fraction of sp³-hybridized carbons (Fsp3) is 0.542. The lowest BCUT2D eigenvalue weighted by Crippen LogP contribution is -2.32. The van der Waals surface area contributed by atoms with Gasteiger partial charge < -0.3 is 10.2 Å². The molecule has 1 heterocycles. The van der Waals surface area contributed by atoms with Crippen LogP contribution in [-0.4, -0.2) is 45.7 Å². The minimum atomic E-state index is -4.48. The van der Waals surface area contributed by atoms with E-state index in [-0.39, 0.29) is 17.1 Å². The van der Waals surface area contributed by atoms with Crippen LogP contribution in [0.2, 0.25) is 0 Å². The lowest BCUT2D eigenvalue weighted by atomic mass is 9.97. The molecular weight excluding hydrogens is 465 g/mol. The summed E-state index contributed by atoms with van der Waals surface area (Å²) in [7, 11) is 0. The number of alkyl halides is 3. The summed E-state index contributed by atoms with van der Waals surface area (Å²) in [6.45, 7) is 7.72. The third-order valence-corrected chi connectivity index (χ3v) is 7.03. The second-order valence-electron chi connectivity index (χ2n) is 8.28. The number of aromatic nitrogens is 2. The van der Waals surface area contributed by atoms with Crippen molar-refractivity contribution in [3.8, 4) is 0 Å². The first-order chi connectivity index (χ1) is 16.2. The number of benzene rings is 1. The van der Waals surface area contributed by atoms with Gasteiger partial charge in [0.25, 0.3) is 0 Å². The number of carbonyl (C=O) groups excluding carboxylic acids is 1. The quantitative estimate of drug-likeness (QED) is 0.385. The zero-order valence-electron chi connectivity index (χ0n) is 19.6. The Balaban J connectivity index is 1.69. The Kier molecular flexibility index (Phi) is 9.18. The third kappa shape index (κ3) is 6.85. The lowest BCUT2D eigenvalue weighted by Gasteiger charge is -2.23. The van der Waals surface area contributed by atoms with Crippen LogP contribution in [0, 0.1) is 0 Å². The maximum atomic E-state index is 12.9. The molecule has 34 heavy (non-hydrogen) atoms. The van der Waals surface area contributed by atoms with E-state index >= 15 is 0 Å². The Bertz CT molecular complexity index is 1050. The Morgan fingerprint density at radius 2 is 1.94 bits per heavy atom. The summed E-state index contributed by atoms with van der Waals surface area (Å²) in [6.07, 6.45) is -0.00306. The molecule has 186 valence electrons. The summed E-state index contributed by atoms with van der Waals surface area (Å²) in [6, 6.07) is 4.53. The van der Waals surface area contributed by atoms with Gasteiger partial charge in [-0.3, -0.25) is 9.36 Å². The van der Waals surface area contributed by atoms with Crippen LogP contribution in [0.4, 0.5) is 18.9 Å². The fourth-order valence-electron chi connectivity index (χ4n) is 4.19. The van der Waals surface area contributed by atoms with Crippen molar-refractivity contribution in [2.45, 2.75) is 63.7 Å². The monoisotopic (exact) mass is 496 g/mol. The second kappa shape index (κ2) is 11.9. The van der Waals surface area contributed by atoms with E-state index in [1.165, 1.54) is 12.1 Å².